The molecule has 0 aliphatic heterocycles. The molecule has 0 radical (unpaired) electrons. The molecule has 11 nitrogen and oxygen atoms in total. The molecule has 3 rings (SSSR count). The van der Waals surface area contributed by atoms with Crippen molar-refractivity contribution in [2.75, 3.05) is 22.5 Å². The van der Waals surface area contributed by atoms with Crippen LogP contribution in [0.25, 0.3) is 0 Å². The predicted octanol–water partition coefficient (Wildman–Crippen LogP) is 5.31. The third-order valence-corrected chi connectivity index (χ3v) is 5.02. The van der Waals surface area contributed by atoms with Crippen molar-refractivity contribution >= 4 is 40.3 Å². The van der Waals surface area contributed by atoms with Crippen LogP contribution >= 0.6 is 0 Å². The number of hydrogen-bond donors (Lipinski definition) is 3. The highest BCUT2D eigenvalue weighted by Gasteiger charge is 2.18. The van der Waals surface area contributed by atoms with Crippen LogP contribution in [0, 0.1) is 32.0 Å². The second-order valence-electron chi connectivity index (χ2n) is 7.95. The number of carbonyl (C=O) groups excluding carboxylic acids is 2. The highest BCUT2D eigenvalue weighted by atomic mass is 19.1. The van der Waals surface area contributed by atoms with E-state index in [0.29, 0.717) is 30.8 Å². The smallest absolute Gasteiger partial charge is 0.306 e. The molecule has 3 N–H and O–H groups in total. The molecule has 2 aromatic rings. The Labute approximate surface area is 204 Å². The van der Waals surface area contributed by atoms with Gasteiger partial charge in [0.25, 0.3) is 5.69 Å². The molecule has 36 heavy (non-hydrogen) atoms. The molecule has 0 saturated heterocycles. The lowest BCUT2D eigenvalue weighted by Gasteiger charge is -2.19. The van der Waals surface area contributed by atoms with Gasteiger partial charge in [-0.25, -0.2) is 4.39 Å². The van der Waals surface area contributed by atoms with Gasteiger partial charge in [0.1, 0.15) is 5.69 Å². The summed E-state index contributed by atoms with van der Waals surface area (Å²) >= 11 is 0. The molecule has 1 aliphatic rings. The van der Waals surface area contributed by atoms with Gasteiger partial charge >= 0.3 is 5.69 Å². The minimum absolute atomic E-state index is 0.0816. The number of amides is 2. The Hall–Kier alpha value is -4.42. The van der Waals surface area contributed by atoms with Crippen LogP contribution in [0.3, 0.4) is 0 Å². The Morgan fingerprint density at radius 2 is 1.50 bits per heavy atom. The molecule has 0 saturated carbocycles. The van der Waals surface area contributed by atoms with Gasteiger partial charge in [0.05, 0.1) is 15.7 Å². The number of benzene rings is 2. The van der Waals surface area contributed by atoms with E-state index in [9.17, 15) is 38.6 Å². The lowest BCUT2D eigenvalue weighted by atomic mass is 9.93. The lowest BCUT2D eigenvalue weighted by Crippen LogP contribution is -2.17. The van der Waals surface area contributed by atoms with Crippen molar-refractivity contribution in [1.82, 2.24) is 0 Å². The second kappa shape index (κ2) is 12.9. The molecular formula is C23H25F2N5O6. The highest BCUT2D eigenvalue weighted by molar-refractivity contribution is 5.90. The van der Waals surface area contributed by atoms with E-state index >= 15 is 0 Å². The number of nitro benzene ring substituents is 2. The number of rotatable bonds is 7. The van der Waals surface area contributed by atoms with Crippen LogP contribution in [0.4, 0.5) is 37.2 Å². The molecule has 1 aliphatic carbocycles. The Balaban J connectivity index is 0.000000281. The SMILES string of the molecule is CC(=O)Nc1ccc(F)c([N+](=O)[O-])c1.CC(=O)Nc1ccc(NCC2CC=C(F)CC2)c([N+](=O)[O-])c1. The van der Waals surface area contributed by atoms with Gasteiger partial charge in [0.15, 0.2) is 0 Å². The third-order valence-electron chi connectivity index (χ3n) is 5.02. The summed E-state index contributed by atoms with van der Waals surface area (Å²) in [5.41, 5.74) is 0.229. The standard InChI is InChI=1S/C15H18FN3O3.C8H7FN2O3/c1-10(20)18-13-6-7-14(15(8-13)19(21)22)17-9-11-2-4-12(16)5-3-11;1-5(12)10-6-2-3-7(9)8(4-6)11(13)14/h4,6-8,11,17H,2-3,5,9H2,1H3,(H,18,20);2-4H,1H3,(H,10,12). The predicted molar refractivity (Wildman–Crippen MR) is 130 cm³/mol. The number of nitro groups is 2. The van der Waals surface area contributed by atoms with Crippen LogP contribution in [0.1, 0.15) is 33.1 Å². The zero-order valence-electron chi connectivity index (χ0n) is 19.5. The minimum atomic E-state index is -0.927. The highest BCUT2D eigenvalue weighted by Crippen LogP contribution is 2.30. The molecule has 192 valence electrons. The molecule has 1 atom stereocenters. The van der Waals surface area contributed by atoms with Crippen LogP contribution in [0.5, 0.6) is 0 Å². The number of halogens is 2. The van der Waals surface area contributed by atoms with E-state index in [1.165, 1.54) is 26.0 Å². The summed E-state index contributed by atoms with van der Waals surface area (Å²) in [6.45, 7) is 3.15. The van der Waals surface area contributed by atoms with E-state index in [4.69, 9.17) is 0 Å². The molecule has 0 bridgehead atoms. The first-order chi connectivity index (χ1) is 17.0. The van der Waals surface area contributed by atoms with Crippen molar-refractivity contribution in [3.05, 3.63) is 74.3 Å². The van der Waals surface area contributed by atoms with Gasteiger partial charge in [-0.2, -0.15) is 4.39 Å². The Morgan fingerprint density at radius 3 is 2.00 bits per heavy atom. The Bertz CT molecular complexity index is 1190. The van der Waals surface area contributed by atoms with Gasteiger partial charge in [-0.3, -0.25) is 29.8 Å². The summed E-state index contributed by atoms with van der Waals surface area (Å²) < 4.78 is 25.8. The first-order valence-corrected chi connectivity index (χ1v) is 10.8. The van der Waals surface area contributed by atoms with Gasteiger partial charge in [0.2, 0.25) is 17.6 Å². The molecule has 0 fully saturated rings. The first kappa shape index (κ1) is 27.8. The van der Waals surface area contributed by atoms with E-state index in [2.05, 4.69) is 16.0 Å². The van der Waals surface area contributed by atoms with Gasteiger partial charge < -0.3 is 16.0 Å². The first-order valence-electron chi connectivity index (χ1n) is 10.8. The zero-order valence-corrected chi connectivity index (χ0v) is 19.5. The van der Waals surface area contributed by atoms with Crippen LogP contribution in [0.2, 0.25) is 0 Å². The number of nitrogens with one attached hydrogen (secondary N) is 3. The second-order valence-corrected chi connectivity index (χ2v) is 7.95. The third kappa shape index (κ3) is 8.74. The lowest BCUT2D eigenvalue weighted by molar-refractivity contribution is -0.387. The molecule has 0 heterocycles. The van der Waals surface area contributed by atoms with Gasteiger partial charge in [0, 0.05) is 43.9 Å². The Morgan fingerprint density at radius 1 is 0.944 bits per heavy atom. The molecule has 1 unspecified atom stereocenters. The van der Waals surface area contributed by atoms with Crippen molar-refractivity contribution in [3.8, 4) is 0 Å². The number of hydrogen-bond acceptors (Lipinski definition) is 7. The van der Waals surface area contributed by atoms with E-state index in [1.807, 2.05) is 0 Å². The maximum absolute atomic E-state index is 13.0. The molecule has 0 spiro atoms. The van der Waals surface area contributed by atoms with Crippen molar-refractivity contribution in [1.29, 1.82) is 0 Å². The quantitative estimate of drug-likeness (QED) is 0.340. The summed E-state index contributed by atoms with van der Waals surface area (Å²) in [5.74, 6) is -1.41. The Kier molecular flexibility index (Phi) is 9.95. The van der Waals surface area contributed by atoms with Gasteiger partial charge in [-0.05, 0) is 49.4 Å². The molecular weight excluding hydrogens is 480 g/mol. The van der Waals surface area contributed by atoms with Crippen LogP contribution in [0.15, 0.2) is 48.3 Å². The summed E-state index contributed by atoms with van der Waals surface area (Å²) in [6, 6.07) is 7.66. The van der Waals surface area contributed by atoms with Crippen LogP contribution in [-0.2, 0) is 9.59 Å². The summed E-state index contributed by atoms with van der Waals surface area (Å²) in [6.07, 6.45) is 3.36. The number of allylic oxidation sites excluding steroid dienone is 2. The number of carbonyl (C=O) groups is 2. The molecule has 13 heteroatoms. The normalized spacial score (nSPS) is 14.4. The van der Waals surface area contributed by atoms with Crippen LogP contribution < -0.4 is 16.0 Å². The molecule has 0 aromatic heterocycles. The van der Waals surface area contributed by atoms with E-state index in [-0.39, 0.29) is 34.9 Å². The maximum Gasteiger partial charge on any atom is 0.306 e. The van der Waals surface area contributed by atoms with Gasteiger partial charge in [-0.1, -0.05) is 6.08 Å². The maximum atomic E-state index is 13.0. The average Bonchev–Trinajstić information content (AvgIpc) is 2.80. The van der Waals surface area contributed by atoms with Gasteiger partial charge in [-0.15, -0.1) is 0 Å². The van der Waals surface area contributed by atoms with E-state index < -0.39 is 21.4 Å². The van der Waals surface area contributed by atoms with E-state index in [1.54, 1.807) is 18.2 Å². The minimum Gasteiger partial charge on any atom is -0.379 e. The van der Waals surface area contributed by atoms with Crippen molar-refractivity contribution in [2.45, 2.75) is 33.1 Å². The monoisotopic (exact) mass is 505 g/mol. The zero-order chi connectivity index (χ0) is 26.8. The average molecular weight is 505 g/mol. The summed E-state index contributed by atoms with van der Waals surface area (Å²) in [5, 5.41) is 29.3. The fraction of sp³-hybridized carbons (Fsp3) is 0.304. The molecule has 2 aromatic carbocycles. The van der Waals surface area contributed by atoms with Crippen molar-refractivity contribution in [3.63, 3.8) is 0 Å². The van der Waals surface area contributed by atoms with E-state index in [0.717, 1.165) is 18.6 Å². The summed E-state index contributed by atoms with van der Waals surface area (Å²) in [7, 11) is 0. The number of anilines is 3. The fourth-order valence-corrected chi connectivity index (χ4v) is 3.34. The van der Waals surface area contributed by atoms with Crippen molar-refractivity contribution in [2.24, 2.45) is 5.92 Å². The fourth-order valence-electron chi connectivity index (χ4n) is 3.34. The molecule has 2 amide bonds. The topological polar surface area (TPSA) is 157 Å². The largest absolute Gasteiger partial charge is 0.379 e. The van der Waals surface area contributed by atoms with Crippen molar-refractivity contribution < 1.29 is 28.2 Å². The van der Waals surface area contributed by atoms with Crippen LogP contribution in [-0.4, -0.2) is 28.2 Å². The number of nitrogens with zero attached hydrogens (tertiary/aromatic N) is 2. The summed E-state index contributed by atoms with van der Waals surface area (Å²) in [4.78, 5) is 41.7.